The predicted molar refractivity (Wildman–Crippen MR) is 46.7 cm³/mol. The summed E-state index contributed by atoms with van der Waals surface area (Å²) >= 11 is 0. The van der Waals surface area contributed by atoms with E-state index in [0.717, 1.165) is 19.3 Å². The summed E-state index contributed by atoms with van der Waals surface area (Å²) in [5, 5.41) is 9.84. The molecule has 2 unspecified atom stereocenters. The topological polar surface area (TPSA) is 63.3 Å². The number of carbonyl (C=O) groups is 1. The van der Waals surface area contributed by atoms with Gasteiger partial charge < -0.3 is 10.8 Å². The van der Waals surface area contributed by atoms with Gasteiger partial charge >= 0.3 is 0 Å². The summed E-state index contributed by atoms with van der Waals surface area (Å²) in [4.78, 5) is 11.1. The van der Waals surface area contributed by atoms with Gasteiger partial charge in [0.15, 0.2) is 5.78 Å². The highest BCUT2D eigenvalue weighted by molar-refractivity contribution is 5.84. The lowest BCUT2D eigenvalue weighted by atomic mass is 9.91. The van der Waals surface area contributed by atoms with Crippen molar-refractivity contribution >= 4 is 5.78 Å². The van der Waals surface area contributed by atoms with Crippen LogP contribution in [0, 0.1) is 0 Å². The van der Waals surface area contributed by atoms with Crippen molar-refractivity contribution in [1.82, 2.24) is 0 Å². The maximum atomic E-state index is 11.1. The minimum Gasteiger partial charge on any atom is -0.382 e. The average molecular weight is 171 g/mol. The van der Waals surface area contributed by atoms with Gasteiger partial charge in [-0.15, -0.1) is 0 Å². The van der Waals surface area contributed by atoms with Crippen LogP contribution in [0.15, 0.2) is 0 Å². The van der Waals surface area contributed by atoms with E-state index in [1.807, 2.05) is 0 Å². The molecular weight excluding hydrogens is 154 g/mol. The Morgan fingerprint density at radius 2 is 2.17 bits per heavy atom. The third kappa shape index (κ3) is 2.05. The Hall–Kier alpha value is -0.410. The molecule has 0 aromatic carbocycles. The molecule has 0 radical (unpaired) electrons. The molecule has 70 valence electrons. The van der Waals surface area contributed by atoms with E-state index in [9.17, 15) is 9.90 Å². The summed E-state index contributed by atoms with van der Waals surface area (Å²) < 4.78 is 0. The lowest BCUT2D eigenvalue weighted by Gasteiger charge is -2.22. The van der Waals surface area contributed by atoms with Crippen LogP contribution in [0.3, 0.4) is 0 Å². The van der Waals surface area contributed by atoms with Gasteiger partial charge in [-0.2, -0.15) is 0 Å². The number of hydrogen-bond acceptors (Lipinski definition) is 3. The molecule has 0 aliphatic heterocycles. The van der Waals surface area contributed by atoms with Crippen molar-refractivity contribution in [2.75, 3.05) is 0 Å². The monoisotopic (exact) mass is 171 g/mol. The molecule has 0 spiro atoms. The third-order valence-electron chi connectivity index (χ3n) is 2.75. The second-order valence-electron chi connectivity index (χ2n) is 3.78. The van der Waals surface area contributed by atoms with Crippen LogP contribution >= 0.6 is 0 Å². The van der Waals surface area contributed by atoms with Crippen LogP contribution in [0.25, 0.3) is 0 Å². The molecule has 0 aromatic heterocycles. The predicted octanol–water partition coefficient (Wildman–Crippen LogP) is 0.598. The summed E-state index contributed by atoms with van der Waals surface area (Å²) in [6, 6.07) is 0.165. The maximum Gasteiger partial charge on any atom is 0.161 e. The van der Waals surface area contributed by atoms with E-state index in [1.54, 1.807) is 0 Å². The van der Waals surface area contributed by atoms with Crippen LogP contribution in [0.5, 0.6) is 0 Å². The van der Waals surface area contributed by atoms with Crippen LogP contribution in [0.1, 0.15) is 39.0 Å². The highest BCUT2D eigenvalue weighted by Gasteiger charge is 2.34. The highest BCUT2D eigenvalue weighted by Crippen LogP contribution is 2.27. The fraction of sp³-hybridized carbons (Fsp3) is 0.889. The van der Waals surface area contributed by atoms with Crippen LogP contribution in [-0.2, 0) is 4.79 Å². The second-order valence-corrected chi connectivity index (χ2v) is 3.78. The Morgan fingerprint density at radius 3 is 2.75 bits per heavy atom. The van der Waals surface area contributed by atoms with Gasteiger partial charge in [0, 0.05) is 6.04 Å². The average Bonchev–Trinajstić information content (AvgIpc) is 2.15. The SMILES string of the molecule is CC(=O)C1(O)CCCC(N)CC1. The molecule has 1 aliphatic carbocycles. The highest BCUT2D eigenvalue weighted by atomic mass is 16.3. The molecule has 1 fully saturated rings. The summed E-state index contributed by atoms with van der Waals surface area (Å²) in [5.74, 6) is -0.114. The number of aliphatic hydroxyl groups is 1. The zero-order valence-corrected chi connectivity index (χ0v) is 7.55. The zero-order valence-electron chi connectivity index (χ0n) is 7.55. The van der Waals surface area contributed by atoms with Crippen molar-refractivity contribution in [3.8, 4) is 0 Å². The van der Waals surface area contributed by atoms with Gasteiger partial charge in [0.25, 0.3) is 0 Å². The quantitative estimate of drug-likeness (QED) is 0.568. The van der Waals surface area contributed by atoms with E-state index in [4.69, 9.17) is 5.73 Å². The van der Waals surface area contributed by atoms with Gasteiger partial charge in [-0.1, -0.05) is 0 Å². The Morgan fingerprint density at radius 1 is 1.50 bits per heavy atom. The van der Waals surface area contributed by atoms with E-state index >= 15 is 0 Å². The minimum absolute atomic E-state index is 0.114. The molecule has 12 heavy (non-hydrogen) atoms. The molecule has 0 amide bonds. The molecule has 3 nitrogen and oxygen atoms in total. The van der Waals surface area contributed by atoms with Crippen molar-refractivity contribution in [3.05, 3.63) is 0 Å². The fourth-order valence-electron chi connectivity index (χ4n) is 1.70. The summed E-state index contributed by atoms with van der Waals surface area (Å²) in [6.07, 6.45) is 3.66. The molecule has 0 saturated heterocycles. The van der Waals surface area contributed by atoms with Crippen molar-refractivity contribution in [2.24, 2.45) is 5.73 Å². The largest absolute Gasteiger partial charge is 0.382 e. The minimum atomic E-state index is -1.08. The number of rotatable bonds is 1. The molecule has 0 heterocycles. The Kier molecular flexibility index (Phi) is 2.85. The zero-order chi connectivity index (χ0) is 9.19. The number of carbonyl (C=O) groups excluding carboxylic acids is 1. The molecule has 1 saturated carbocycles. The standard InChI is InChI=1S/C9H17NO2/c1-7(11)9(12)5-2-3-8(10)4-6-9/h8,12H,2-6,10H2,1H3. The van der Waals surface area contributed by atoms with E-state index in [0.29, 0.717) is 12.8 Å². The molecule has 0 aromatic rings. The van der Waals surface area contributed by atoms with Crippen LogP contribution in [0.2, 0.25) is 0 Å². The van der Waals surface area contributed by atoms with E-state index in [-0.39, 0.29) is 11.8 Å². The molecule has 3 N–H and O–H groups in total. The first-order valence-corrected chi connectivity index (χ1v) is 4.53. The lowest BCUT2D eigenvalue weighted by Crippen LogP contribution is -2.36. The van der Waals surface area contributed by atoms with Crippen LogP contribution < -0.4 is 5.73 Å². The molecule has 0 bridgehead atoms. The van der Waals surface area contributed by atoms with Gasteiger partial charge in [-0.05, 0) is 39.0 Å². The molecule has 1 rings (SSSR count). The smallest absolute Gasteiger partial charge is 0.161 e. The van der Waals surface area contributed by atoms with Gasteiger partial charge in [0.05, 0.1) is 0 Å². The van der Waals surface area contributed by atoms with E-state index < -0.39 is 5.60 Å². The molecule has 1 aliphatic rings. The Bertz CT molecular complexity index is 181. The third-order valence-corrected chi connectivity index (χ3v) is 2.75. The first-order chi connectivity index (χ1) is 5.54. The van der Waals surface area contributed by atoms with Crippen molar-refractivity contribution in [1.29, 1.82) is 0 Å². The second kappa shape index (κ2) is 3.54. The van der Waals surface area contributed by atoms with Crippen LogP contribution in [-0.4, -0.2) is 22.5 Å². The van der Waals surface area contributed by atoms with Gasteiger partial charge in [0.2, 0.25) is 0 Å². The van der Waals surface area contributed by atoms with Crippen molar-refractivity contribution in [3.63, 3.8) is 0 Å². The number of nitrogens with two attached hydrogens (primary N) is 1. The number of ketones is 1. The van der Waals surface area contributed by atoms with E-state index in [1.165, 1.54) is 6.92 Å². The van der Waals surface area contributed by atoms with Gasteiger partial charge in [0.1, 0.15) is 5.60 Å². The number of hydrogen-bond donors (Lipinski definition) is 2. The summed E-state index contributed by atoms with van der Waals surface area (Å²) in [5.41, 5.74) is 4.66. The number of Topliss-reactive ketones (excluding diaryl/α,β-unsaturated/α-hetero) is 1. The Labute approximate surface area is 72.9 Å². The normalized spacial score (nSPS) is 37.4. The van der Waals surface area contributed by atoms with Gasteiger partial charge in [-0.25, -0.2) is 0 Å². The fourth-order valence-corrected chi connectivity index (χ4v) is 1.70. The summed E-state index contributed by atoms with van der Waals surface area (Å²) in [6.45, 7) is 1.46. The summed E-state index contributed by atoms with van der Waals surface area (Å²) in [7, 11) is 0. The van der Waals surface area contributed by atoms with Crippen molar-refractivity contribution < 1.29 is 9.90 Å². The Balaban J connectivity index is 2.61. The molecule has 3 heteroatoms. The first kappa shape index (κ1) is 9.68. The lowest BCUT2D eigenvalue weighted by molar-refractivity contribution is -0.136. The maximum absolute atomic E-state index is 11.1. The molecular formula is C9H17NO2. The van der Waals surface area contributed by atoms with Gasteiger partial charge in [-0.3, -0.25) is 4.79 Å². The molecule has 2 atom stereocenters. The van der Waals surface area contributed by atoms with Crippen molar-refractivity contribution in [2.45, 2.75) is 50.7 Å². The van der Waals surface area contributed by atoms with E-state index in [2.05, 4.69) is 0 Å². The van der Waals surface area contributed by atoms with Crippen LogP contribution in [0.4, 0.5) is 0 Å². The first-order valence-electron chi connectivity index (χ1n) is 4.53.